The number of furan rings is 1. The van der Waals surface area contributed by atoms with Crippen molar-refractivity contribution in [2.75, 3.05) is 19.6 Å². The van der Waals surface area contributed by atoms with Gasteiger partial charge in [0.15, 0.2) is 0 Å². The van der Waals surface area contributed by atoms with Crippen molar-refractivity contribution < 1.29 is 24.2 Å². The Bertz CT molecular complexity index is 944. The lowest BCUT2D eigenvalue weighted by atomic mass is 10.0. The van der Waals surface area contributed by atoms with Gasteiger partial charge in [0.1, 0.15) is 11.2 Å². The zero-order chi connectivity index (χ0) is 19.9. The number of hydrogen-bond donors (Lipinski definition) is 2. The minimum absolute atomic E-state index is 1.00. The van der Waals surface area contributed by atoms with Crippen molar-refractivity contribution in [2.45, 2.75) is 32.1 Å². The fourth-order valence-electron chi connectivity index (χ4n) is 3.73. The highest BCUT2D eigenvalue weighted by atomic mass is 16.4. The molecule has 6 nitrogen and oxygen atoms in total. The van der Waals surface area contributed by atoms with E-state index in [1.165, 1.54) is 61.7 Å². The Kier molecular flexibility index (Phi) is 6.66. The summed E-state index contributed by atoms with van der Waals surface area (Å²) in [6, 6.07) is 14.9. The minimum Gasteiger partial charge on any atom is -0.473 e. The molecule has 2 N–H and O–H groups in total. The quantitative estimate of drug-likeness (QED) is 0.658. The number of para-hydroxylation sites is 1. The molecule has 1 aliphatic rings. The highest BCUT2D eigenvalue weighted by molar-refractivity contribution is 6.27. The van der Waals surface area contributed by atoms with Gasteiger partial charge in [0.2, 0.25) is 0 Å². The third-order valence-corrected chi connectivity index (χ3v) is 5.04. The average molecular weight is 383 g/mol. The first-order valence-electron chi connectivity index (χ1n) is 9.64. The van der Waals surface area contributed by atoms with Crippen LogP contribution in [0.15, 0.2) is 46.9 Å². The van der Waals surface area contributed by atoms with Crippen molar-refractivity contribution >= 4 is 33.9 Å². The first-order chi connectivity index (χ1) is 13.6. The Labute approximate surface area is 163 Å². The number of carbonyl (C=O) groups is 2. The van der Waals surface area contributed by atoms with Crippen molar-refractivity contribution in [1.29, 1.82) is 0 Å². The smallest absolute Gasteiger partial charge is 0.414 e. The number of rotatable bonds is 4. The number of fused-ring (bicyclic) bond motifs is 3. The van der Waals surface area contributed by atoms with E-state index >= 15 is 0 Å². The van der Waals surface area contributed by atoms with Crippen molar-refractivity contribution in [3.8, 4) is 0 Å². The molecule has 1 fully saturated rings. The molecule has 0 aliphatic carbocycles. The number of nitrogens with zero attached hydrogens (tertiary/aromatic N) is 1. The van der Waals surface area contributed by atoms with E-state index in [-0.39, 0.29) is 0 Å². The second-order valence-corrected chi connectivity index (χ2v) is 7.00. The Morgan fingerprint density at radius 1 is 0.893 bits per heavy atom. The van der Waals surface area contributed by atoms with Gasteiger partial charge in [0.25, 0.3) is 0 Å². The molecule has 4 rings (SSSR count). The van der Waals surface area contributed by atoms with Crippen LogP contribution < -0.4 is 0 Å². The lowest BCUT2D eigenvalue weighted by molar-refractivity contribution is -0.159. The molecule has 28 heavy (non-hydrogen) atoms. The van der Waals surface area contributed by atoms with E-state index in [2.05, 4.69) is 41.3 Å². The summed E-state index contributed by atoms with van der Waals surface area (Å²) >= 11 is 0. The van der Waals surface area contributed by atoms with Gasteiger partial charge in [0, 0.05) is 10.8 Å². The molecule has 0 atom stereocenters. The van der Waals surface area contributed by atoms with Crippen LogP contribution in [0.1, 0.15) is 31.2 Å². The highest BCUT2D eigenvalue weighted by Crippen LogP contribution is 2.31. The topological polar surface area (TPSA) is 91.0 Å². The standard InChI is InChI=1S/C20H23NO.C2H2O4/c1-4-13-21(14-5-1)15-7-9-16-8-6-12-19-20(16)17-10-2-3-11-18(17)22-19;3-1(4)2(5)6/h2-3,6,8,10-12H,1,4-5,7,9,13-15H2;(H,3,4)(H,5,6). The highest BCUT2D eigenvalue weighted by Gasteiger charge is 2.12. The molecule has 0 bridgehead atoms. The maximum atomic E-state index is 9.10. The Morgan fingerprint density at radius 3 is 2.29 bits per heavy atom. The molecule has 6 heteroatoms. The van der Waals surface area contributed by atoms with Gasteiger partial charge in [-0.15, -0.1) is 0 Å². The lowest BCUT2D eigenvalue weighted by Crippen LogP contribution is -2.30. The van der Waals surface area contributed by atoms with Crippen molar-refractivity contribution in [2.24, 2.45) is 0 Å². The summed E-state index contributed by atoms with van der Waals surface area (Å²) < 4.78 is 5.98. The average Bonchev–Trinajstić information content (AvgIpc) is 3.09. The molecule has 0 spiro atoms. The third-order valence-electron chi connectivity index (χ3n) is 5.04. The van der Waals surface area contributed by atoms with E-state index in [0.717, 1.165) is 17.6 Å². The van der Waals surface area contributed by atoms with Gasteiger partial charge in [0.05, 0.1) is 0 Å². The van der Waals surface area contributed by atoms with Crippen LogP contribution in [-0.4, -0.2) is 46.7 Å². The first kappa shape index (κ1) is 19.9. The Hall–Kier alpha value is -2.86. The molecular formula is C22H25NO5. The van der Waals surface area contributed by atoms with E-state index < -0.39 is 11.9 Å². The normalized spacial score (nSPS) is 14.6. The number of hydrogen-bond acceptors (Lipinski definition) is 4. The largest absolute Gasteiger partial charge is 0.473 e. The zero-order valence-electron chi connectivity index (χ0n) is 15.8. The van der Waals surface area contributed by atoms with Gasteiger partial charge in [-0.25, -0.2) is 9.59 Å². The number of aliphatic carboxylic acids is 2. The molecular weight excluding hydrogens is 358 g/mol. The van der Waals surface area contributed by atoms with Crippen molar-refractivity contribution in [3.63, 3.8) is 0 Å². The van der Waals surface area contributed by atoms with E-state index in [9.17, 15) is 0 Å². The van der Waals surface area contributed by atoms with E-state index in [1.54, 1.807) is 0 Å². The molecule has 148 valence electrons. The van der Waals surface area contributed by atoms with E-state index in [4.69, 9.17) is 24.2 Å². The summed E-state index contributed by atoms with van der Waals surface area (Å²) in [4.78, 5) is 20.8. The second kappa shape index (κ2) is 9.37. The molecule has 2 heterocycles. The summed E-state index contributed by atoms with van der Waals surface area (Å²) in [6.45, 7) is 3.81. The minimum atomic E-state index is -1.82. The number of aryl methyl sites for hydroxylation is 1. The predicted molar refractivity (Wildman–Crippen MR) is 108 cm³/mol. The summed E-state index contributed by atoms with van der Waals surface area (Å²) in [6.07, 6.45) is 6.54. The van der Waals surface area contributed by atoms with Crippen LogP contribution in [0.3, 0.4) is 0 Å². The van der Waals surface area contributed by atoms with E-state index in [0.29, 0.717) is 0 Å². The molecule has 1 saturated heterocycles. The summed E-state index contributed by atoms with van der Waals surface area (Å²) in [5.74, 6) is -3.65. The fraction of sp³-hybridized carbons (Fsp3) is 0.364. The van der Waals surface area contributed by atoms with Crippen LogP contribution in [0, 0.1) is 0 Å². The molecule has 0 unspecified atom stereocenters. The Balaban J connectivity index is 0.000000330. The van der Waals surface area contributed by atoms with Crippen LogP contribution in [0.25, 0.3) is 21.9 Å². The first-order valence-corrected chi connectivity index (χ1v) is 9.64. The maximum absolute atomic E-state index is 9.10. The van der Waals surface area contributed by atoms with Crippen LogP contribution >= 0.6 is 0 Å². The zero-order valence-corrected chi connectivity index (χ0v) is 15.8. The van der Waals surface area contributed by atoms with Gasteiger partial charge in [-0.1, -0.05) is 36.8 Å². The molecule has 2 aromatic carbocycles. The number of carboxylic acid groups (broad SMARTS) is 2. The lowest BCUT2D eigenvalue weighted by Gasteiger charge is -2.26. The van der Waals surface area contributed by atoms with Gasteiger partial charge >= 0.3 is 11.9 Å². The monoisotopic (exact) mass is 383 g/mol. The molecule has 0 saturated carbocycles. The van der Waals surface area contributed by atoms with Gasteiger partial charge < -0.3 is 19.5 Å². The Morgan fingerprint density at radius 2 is 1.57 bits per heavy atom. The van der Waals surface area contributed by atoms with Crippen LogP contribution in [0.5, 0.6) is 0 Å². The number of benzene rings is 2. The number of likely N-dealkylation sites (tertiary alicyclic amines) is 1. The fourth-order valence-corrected chi connectivity index (χ4v) is 3.73. The van der Waals surface area contributed by atoms with Crippen LogP contribution in [0.2, 0.25) is 0 Å². The third kappa shape index (κ3) is 4.89. The van der Waals surface area contributed by atoms with Gasteiger partial charge in [-0.2, -0.15) is 0 Å². The van der Waals surface area contributed by atoms with Gasteiger partial charge in [-0.3, -0.25) is 0 Å². The number of piperidine rings is 1. The van der Waals surface area contributed by atoms with Crippen molar-refractivity contribution in [1.82, 2.24) is 4.90 Å². The summed E-state index contributed by atoms with van der Waals surface area (Å²) in [5, 5.41) is 17.4. The van der Waals surface area contributed by atoms with E-state index in [1.807, 2.05) is 6.07 Å². The number of carboxylic acids is 2. The molecule has 1 aliphatic heterocycles. The maximum Gasteiger partial charge on any atom is 0.414 e. The van der Waals surface area contributed by atoms with Gasteiger partial charge in [-0.05, 0) is 63.0 Å². The predicted octanol–water partition coefficient (Wildman–Crippen LogP) is 4.16. The summed E-state index contributed by atoms with van der Waals surface area (Å²) in [7, 11) is 0. The SMILES string of the molecule is O=C(O)C(=O)O.c1ccc2c(c1)oc1cccc(CCCN3CCCCC3)c12. The van der Waals surface area contributed by atoms with Crippen LogP contribution in [-0.2, 0) is 16.0 Å². The second-order valence-electron chi connectivity index (χ2n) is 7.00. The van der Waals surface area contributed by atoms with Crippen molar-refractivity contribution in [3.05, 3.63) is 48.0 Å². The molecule has 1 aromatic heterocycles. The molecule has 0 amide bonds. The van der Waals surface area contributed by atoms with Crippen LogP contribution in [0.4, 0.5) is 0 Å². The molecule has 3 aromatic rings. The molecule has 0 radical (unpaired) electrons. The summed E-state index contributed by atoms with van der Waals surface area (Å²) in [5.41, 5.74) is 3.46.